The number of fused-ring (bicyclic) bond motifs is 1. The van der Waals surface area contributed by atoms with Crippen molar-refractivity contribution in [1.29, 1.82) is 0 Å². The minimum Gasteiger partial charge on any atom is -0.495 e. The number of aromatic nitrogens is 6. The van der Waals surface area contributed by atoms with Crippen LogP contribution in [0.2, 0.25) is 10.0 Å². The summed E-state index contributed by atoms with van der Waals surface area (Å²) in [6.07, 6.45) is 1.59. The second kappa shape index (κ2) is 11.1. The zero-order valence-corrected chi connectivity index (χ0v) is 24.1. The summed E-state index contributed by atoms with van der Waals surface area (Å²) < 4.78 is 12.2. The molecule has 0 saturated heterocycles. The van der Waals surface area contributed by atoms with Crippen LogP contribution in [0.1, 0.15) is 12.5 Å². The molecule has 0 radical (unpaired) electrons. The molecule has 4 aromatic rings. The maximum atomic E-state index is 13.5. The van der Waals surface area contributed by atoms with Crippen LogP contribution in [-0.2, 0) is 18.4 Å². The Morgan fingerprint density at radius 1 is 1.05 bits per heavy atom. The molecule has 0 saturated carbocycles. The topological polar surface area (TPSA) is 153 Å². The molecule has 2 aromatic carbocycles. The first-order valence-corrected chi connectivity index (χ1v) is 12.8. The van der Waals surface area contributed by atoms with Crippen molar-refractivity contribution in [2.24, 2.45) is 7.05 Å². The number of halogens is 2. The molecule has 16 heteroatoms. The van der Waals surface area contributed by atoms with Crippen molar-refractivity contribution >= 4 is 64.0 Å². The van der Waals surface area contributed by atoms with Gasteiger partial charge in [0.15, 0.2) is 5.82 Å². The molecule has 41 heavy (non-hydrogen) atoms. The maximum absolute atomic E-state index is 13.5. The molecular weight excluding hydrogens is 575 g/mol. The lowest BCUT2D eigenvalue weighted by Gasteiger charge is -2.35. The molecule has 0 bridgehead atoms. The summed E-state index contributed by atoms with van der Waals surface area (Å²) in [5.41, 5.74) is 2.56. The zero-order valence-electron chi connectivity index (χ0n) is 22.6. The van der Waals surface area contributed by atoms with E-state index >= 15 is 0 Å². The van der Waals surface area contributed by atoms with Crippen LogP contribution in [-0.4, -0.2) is 63.4 Å². The van der Waals surface area contributed by atoms with Crippen molar-refractivity contribution in [2.45, 2.75) is 13.5 Å². The summed E-state index contributed by atoms with van der Waals surface area (Å²) in [6.45, 7) is 1.49. The van der Waals surface area contributed by atoms with Crippen LogP contribution < -0.4 is 29.9 Å². The van der Waals surface area contributed by atoms with Crippen LogP contribution in [0.4, 0.5) is 33.6 Å². The van der Waals surface area contributed by atoms with Gasteiger partial charge in [-0.1, -0.05) is 23.2 Å². The molecule has 3 amide bonds. The zero-order chi connectivity index (χ0) is 29.4. The third kappa shape index (κ3) is 5.14. The molecule has 3 heterocycles. The second-order valence-corrected chi connectivity index (χ2v) is 9.68. The Morgan fingerprint density at radius 3 is 2.37 bits per heavy atom. The fourth-order valence-electron chi connectivity index (χ4n) is 4.33. The van der Waals surface area contributed by atoms with Crippen molar-refractivity contribution < 1.29 is 19.1 Å². The van der Waals surface area contributed by atoms with E-state index in [1.807, 2.05) is 0 Å². The van der Waals surface area contributed by atoms with Gasteiger partial charge >= 0.3 is 6.03 Å². The Balaban J connectivity index is 1.48. The largest absolute Gasteiger partial charge is 0.495 e. The van der Waals surface area contributed by atoms with E-state index in [2.05, 4.69) is 36.1 Å². The van der Waals surface area contributed by atoms with Crippen molar-refractivity contribution in [3.8, 4) is 22.9 Å². The predicted octanol–water partition coefficient (Wildman–Crippen LogP) is 4.27. The lowest BCUT2D eigenvalue weighted by atomic mass is 10.1. The number of nitrogens with zero attached hydrogens (tertiary/aromatic N) is 8. The van der Waals surface area contributed by atoms with Gasteiger partial charge in [0.05, 0.1) is 37.8 Å². The highest BCUT2D eigenvalue weighted by Crippen LogP contribution is 2.47. The van der Waals surface area contributed by atoms with Crippen LogP contribution >= 0.6 is 23.2 Å². The van der Waals surface area contributed by atoms with Gasteiger partial charge in [-0.3, -0.25) is 14.6 Å². The quantitative estimate of drug-likeness (QED) is 0.315. The van der Waals surface area contributed by atoms with Gasteiger partial charge in [0, 0.05) is 44.4 Å². The molecular formula is C25H24Cl2N10O4. The number of hydrogen-bond donors (Lipinski definition) is 2. The highest BCUT2D eigenvalue weighted by Gasteiger charge is 2.35. The summed E-state index contributed by atoms with van der Waals surface area (Å²) >= 11 is 13.1. The third-order valence-corrected chi connectivity index (χ3v) is 7.01. The fourth-order valence-corrected chi connectivity index (χ4v) is 5.04. The summed E-state index contributed by atoms with van der Waals surface area (Å²) in [7, 11) is 6.21. The number of carbonyl (C=O) groups excluding carboxylic acids is 2. The number of amides is 3. The van der Waals surface area contributed by atoms with Gasteiger partial charge in [-0.05, 0) is 28.6 Å². The average molecular weight is 599 g/mol. The number of aryl methyl sites for hydroxylation is 1. The Morgan fingerprint density at radius 2 is 1.76 bits per heavy atom. The summed E-state index contributed by atoms with van der Waals surface area (Å²) in [4.78, 5) is 37.2. The highest BCUT2D eigenvalue weighted by atomic mass is 35.5. The smallest absolute Gasteiger partial charge is 0.330 e. The maximum Gasteiger partial charge on any atom is 0.330 e. The van der Waals surface area contributed by atoms with E-state index in [-0.39, 0.29) is 34.1 Å². The van der Waals surface area contributed by atoms with E-state index in [9.17, 15) is 9.59 Å². The van der Waals surface area contributed by atoms with E-state index in [1.54, 1.807) is 44.6 Å². The van der Waals surface area contributed by atoms with Crippen molar-refractivity contribution in [3.05, 3.63) is 46.1 Å². The Kier molecular flexibility index (Phi) is 7.51. The van der Waals surface area contributed by atoms with E-state index in [4.69, 9.17) is 32.7 Å². The molecule has 5 rings (SSSR count). The van der Waals surface area contributed by atoms with Gasteiger partial charge in [-0.15, -0.1) is 5.10 Å². The van der Waals surface area contributed by atoms with E-state index in [0.717, 1.165) is 0 Å². The highest BCUT2D eigenvalue weighted by molar-refractivity contribution is 6.42. The second-order valence-electron chi connectivity index (χ2n) is 8.92. The third-order valence-electron chi connectivity index (χ3n) is 6.28. The van der Waals surface area contributed by atoms with Crippen LogP contribution in [0.3, 0.4) is 0 Å². The number of hydrogen-bond acceptors (Lipinski definition) is 10. The van der Waals surface area contributed by atoms with Crippen molar-refractivity contribution in [2.75, 3.05) is 41.7 Å². The van der Waals surface area contributed by atoms with Gasteiger partial charge in [0.25, 0.3) is 0 Å². The number of anilines is 5. The number of methoxy groups -OCH3 is 2. The van der Waals surface area contributed by atoms with Crippen molar-refractivity contribution in [3.63, 3.8) is 0 Å². The monoisotopic (exact) mass is 598 g/mol. The first-order valence-electron chi connectivity index (χ1n) is 12.0. The number of rotatable bonds is 7. The molecule has 14 nitrogen and oxygen atoms in total. The number of benzene rings is 2. The number of carbonyl (C=O) groups is 2. The molecule has 0 atom stereocenters. The lowest BCUT2D eigenvalue weighted by Crippen LogP contribution is -2.46. The average Bonchev–Trinajstić information content (AvgIpc) is 3.38. The molecule has 0 unspecified atom stereocenters. The summed E-state index contributed by atoms with van der Waals surface area (Å²) in [6, 6.07) is 6.39. The Labute approximate surface area is 244 Å². The normalized spacial score (nSPS) is 12.7. The molecule has 0 spiro atoms. The number of nitrogens with one attached hydrogen (secondary N) is 2. The molecule has 2 N–H and O–H groups in total. The summed E-state index contributed by atoms with van der Waals surface area (Å²) in [5, 5.41) is 17.8. The standard InChI is InChI=1S/C25H24Cl2N10O4/c1-12(38)29-16-8-13(23-32-33-34-36(23)3)6-7-15(16)30-24-28-10-14-11-37(25(39)35(2)22(14)31-24)21-19(26)17(40-4)9-18(41-5)20(21)27/h6-10H,11H2,1-5H3,(H,29,38)(H,28,30,31). The van der Waals surface area contributed by atoms with Crippen LogP contribution in [0.25, 0.3) is 11.4 Å². The van der Waals surface area contributed by atoms with Crippen LogP contribution in [0.15, 0.2) is 30.5 Å². The van der Waals surface area contributed by atoms with Gasteiger partial charge < -0.3 is 20.1 Å². The minimum absolute atomic E-state index is 0.0894. The number of tetrazole rings is 1. The number of urea groups is 1. The molecule has 0 fully saturated rings. The molecule has 1 aliphatic heterocycles. The molecule has 1 aliphatic rings. The Bertz CT molecular complexity index is 1650. The Hall–Kier alpha value is -4.69. The van der Waals surface area contributed by atoms with E-state index in [1.165, 1.54) is 35.6 Å². The van der Waals surface area contributed by atoms with E-state index in [0.29, 0.717) is 45.6 Å². The van der Waals surface area contributed by atoms with E-state index < -0.39 is 6.03 Å². The molecule has 2 aromatic heterocycles. The van der Waals surface area contributed by atoms with Gasteiger partial charge in [-0.25, -0.2) is 14.5 Å². The van der Waals surface area contributed by atoms with Gasteiger partial charge in [-0.2, -0.15) is 4.98 Å². The van der Waals surface area contributed by atoms with Crippen LogP contribution in [0.5, 0.6) is 11.5 Å². The number of ether oxygens (including phenoxy) is 2. The van der Waals surface area contributed by atoms with Gasteiger partial charge in [0.2, 0.25) is 11.9 Å². The minimum atomic E-state index is -0.429. The summed E-state index contributed by atoms with van der Waals surface area (Å²) in [5.74, 6) is 1.44. The molecule has 212 valence electrons. The molecule has 0 aliphatic carbocycles. The van der Waals surface area contributed by atoms with Crippen molar-refractivity contribution in [1.82, 2.24) is 30.2 Å². The van der Waals surface area contributed by atoms with Crippen LogP contribution in [0, 0.1) is 0 Å². The SMILES string of the molecule is COc1cc(OC)c(Cl)c(N2Cc3cnc(Nc4ccc(-c5nnnn5C)cc4NC(C)=O)nc3N(C)C2=O)c1Cl. The first kappa shape index (κ1) is 27.9. The van der Waals surface area contributed by atoms with Gasteiger partial charge in [0.1, 0.15) is 27.4 Å². The predicted molar refractivity (Wildman–Crippen MR) is 153 cm³/mol. The lowest BCUT2D eigenvalue weighted by molar-refractivity contribution is -0.114. The fraction of sp³-hybridized carbons (Fsp3) is 0.240. The first-order chi connectivity index (χ1) is 19.6.